The SMILES string of the molecule is Oc1ccc(C2=C(c3ccc(OCCN4CCCC4)cc3)c3ccc(F)cc3SCC2)cc1. The summed E-state index contributed by atoms with van der Waals surface area (Å²) in [5.74, 6) is 1.78. The van der Waals surface area contributed by atoms with Crippen LogP contribution in [0.2, 0.25) is 0 Å². The van der Waals surface area contributed by atoms with Crippen LogP contribution >= 0.6 is 11.8 Å². The fourth-order valence-electron chi connectivity index (χ4n) is 4.67. The number of phenols is 1. The fourth-order valence-corrected chi connectivity index (χ4v) is 5.72. The van der Waals surface area contributed by atoms with Gasteiger partial charge in [-0.05, 0) is 96.6 Å². The van der Waals surface area contributed by atoms with Crippen molar-refractivity contribution in [3.05, 3.63) is 89.2 Å². The van der Waals surface area contributed by atoms with Crippen molar-refractivity contribution < 1.29 is 14.2 Å². The van der Waals surface area contributed by atoms with Gasteiger partial charge in [-0.3, -0.25) is 4.90 Å². The summed E-state index contributed by atoms with van der Waals surface area (Å²) < 4.78 is 20.0. The van der Waals surface area contributed by atoms with Crippen molar-refractivity contribution in [2.45, 2.75) is 24.2 Å². The van der Waals surface area contributed by atoms with Crippen LogP contribution in [0.25, 0.3) is 11.1 Å². The van der Waals surface area contributed by atoms with Crippen LogP contribution in [0.1, 0.15) is 36.0 Å². The topological polar surface area (TPSA) is 32.7 Å². The molecule has 2 aliphatic heterocycles. The Balaban J connectivity index is 1.48. The molecule has 5 heteroatoms. The molecule has 1 N–H and O–H groups in total. The summed E-state index contributed by atoms with van der Waals surface area (Å²) in [6, 6.07) is 20.7. The van der Waals surface area contributed by atoms with Crippen molar-refractivity contribution >= 4 is 22.9 Å². The van der Waals surface area contributed by atoms with Crippen molar-refractivity contribution in [3.63, 3.8) is 0 Å². The summed E-state index contributed by atoms with van der Waals surface area (Å²) in [4.78, 5) is 3.41. The maximum Gasteiger partial charge on any atom is 0.124 e. The second-order valence-electron chi connectivity index (χ2n) is 8.56. The smallest absolute Gasteiger partial charge is 0.124 e. The first-order valence-electron chi connectivity index (χ1n) is 11.6. The van der Waals surface area contributed by atoms with Gasteiger partial charge in [-0.1, -0.05) is 30.3 Å². The molecule has 33 heavy (non-hydrogen) atoms. The van der Waals surface area contributed by atoms with Gasteiger partial charge in [0.15, 0.2) is 0 Å². The maximum absolute atomic E-state index is 14.0. The number of halogens is 1. The van der Waals surface area contributed by atoms with E-state index in [-0.39, 0.29) is 11.6 Å². The van der Waals surface area contributed by atoms with Crippen LogP contribution < -0.4 is 4.74 Å². The number of hydrogen-bond acceptors (Lipinski definition) is 4. The highest BCUT2D eigenvalue weighted by Gasteiger charge is 2.21. The van der Waals surface area contributed by atoms with Crippen LogP contribution in [-0.2, 0) is 0 Å². The molecule has 0 bridgehead atoms. The summed E-state index contributed by atoms with van der Waals surface area (Å²) in [5.41, 5.74) is 5.52. The van der Waals surface area contributed by atoms with Crippen molar-refractivity contribution in [3.8, 4) is 11.5 Å². The molecule has 0 unspecified atom stereocenters. The Morgan fingerprint density at radius 2 is 1.64 bits per heavy atom. The summed E-state index contributed by atoms with van der Waals surface area (Å²) in [6.07, 6.45) is 3.43. The van der Waals surface area contributed by atoms with E-state index in [1.54, 1.807) is 30.0 Å². The number of hydrogen-bond donors (Lipinski definition) is 1. The number of phenolic OH excluding ortho intramolecular Hbond substituents is 1. The number of nitrogens with zero attached hydrogens (tertiary/aromatic N) is 1. The van der Waals surface area contributed by atoms with Crippen molar-refractivity contribution in [1.82, 2.24) is 4.90 Å². The summed E-state index contributed by atoms with van der Waals surface area (Å²) in [6.45, 7) is 4.01. The van der Waals surface area contributed by atoms with E-state index in [4.69, 9.17) is 4.74 Å². The lowest BCUT2D eigenvalue weighted by atomic mass is 9.88. The Bertz CT molecular complexity index is 1140. The number of thioether (sulfide) groups is 1. The molecule has 5 rings (SSSR count). The molecule has 0 aliphatic carbocycles. The molecule has 3 aromatic rings. The summed E-state index contributed by atoms with van der Waals surface area (Å²) in [5, 5.41) is 9.77. The number of aromatic hydroxyl groups is 1. The zero-order valence-corrected chi connectivity index (χ0v) is 19.4. The second-order valence-corrected chi connectivity index (χ2v) is 9.70. The summed E-state index contributed by atoms with van der Waals surface area (Å²) >= 11 is 1.69. The number of benzene rings is 3. The first-order chi connectivity index (χ1) is 16.2. The molecule has 0 atom stereocenters. The normalized spacial score (nSPS) is 16.5. The molecule has 0 radical (unpaired) electrons. The van der Waals surface area contributed by atoms with Crippen LogP contribution in [0.15, 0.2) is 71.6 Å². The Hall–Kier alpha value is -2.76. The monoisotopic (exact) mass is 461 g/mol. The van der Waals surface area contributed by atoms with Gasteiger partial charge in [0, 0.05) is 17.2 Å². The molecule has 0 aromatic heterocycles. The third-order valence-corrected chi connectivity index (χ3v) is 7.42. The molecule has 3 nitrogen and oxygen atoms in total. The average molecular weight is 462 g/mol. The summed E-state index contributed by atoms with van der Waals surface area (Å²) in [7, 11) is 0. The largest absolute Gasteiger partial charge is 0.508 e. The van der Waals surface area contributed by atoms with Gasteiger partial charge in [0.25, 0.3) is 0 Å². The zero-order chi connectivity index (χ0) is 22.6. The molecular weight excluding hydrogens is 433 g/mol. The Labute approximate surface area is 198 Å². The second kappa shape index (κ2) is 10.0. The van der Waals surface area contributed by atoms with E-state index in [1.807, 2.05) is 30.3 Å². The molecule has 170 valence electrons. The molecule has 0 amide bonds. The van der Waals surface area contributed by atoms with Gasteiger partial charge in [0.05, 0.1) is 0 Å². The van der Waals surface area contributed by atoms with Crippen LogP contribution in [-0.4, -0.2) is 42.0 Å². The molecular formula is C28H28FNO2S. The van der Waals surface area contributed by atoms with Crippen molar-refractivity contribution in [1.29, 1.82) is 0 Å². The maximum atomic E-state index is 14.0. The molecule has 1 saturated heterocycles. The third-order valence-electron chi connectivity index (χ3n) is 6.36. The van der Waals surface area contributed by atoms with Gasteiger partial charge in [0.1, 0.15) is 23.9 Å². The fraction of sp³-hybridized carbons (Fsp3) is 0.286. The van der Waals surface area contributed by atoms with E-state index in [9.17, 15) is 9.50 Å². The van der Waals surface area contributed by atoms with E-state index in [2.05, 4.69) is 17.0 Å². The van der Waals surface area contributed by atoms with E-state index in [1.165, 1.54) is 37.6 Å². The van der Waals surface area contributed by atoms with Gasteiger partial charge in [-0.25, -0.2) is 4.39 Å². The molecule has 3 aromatic carbocycles. The Morgan fingerprint density at radius 1 is 0.909 bits per heavy atom. The highest BCUT2D eigenvalue weighted by Crippen LogP contribution is 2.43. The Morgan fingerprint density at radius 3 is 2.39 bits per heavy atom. The van der Waals surface area contributed by atoms with Crippen LogP contribution in [0.5, 0.6) is 11.5 Å². The lowest BCUT2D eigenvalue weighted by Crippen LogP contribution is -2.25. The van der Waals surface area contributed by atoms with Crippen LogP contribution in [0, 0.1) is 5.82 Å². The Kier molecular flexibility index (Phi) is 6.70. The van der Waals surface area contributed by atoms with Gasteiger partial charge in [0.2, 0.25) is 0 Å². The molecule has 0 spiro atoms. The molecule has 1 fully saturated rings. The third kappa shape index (κ3) is 5.10. The highest BCUT2D eigenvalue weighted by atomic mass is 32.2. The van der Waals surface area contributed by atoms with E-state index < -0.39 is 0 Å². The molecule has 2 heterocycles. The predicted octanol–water partition coefficient (Wildman–Crippen LogP) is 6.46. The minimum absolute atomic E-state index is 0.213. The standard InChI is InChI=1S/C28H28FNO2S/c29-22-7-12-26-27(19-22)33-18-13-25(20-3-8-23(31)9-4-20)28(26)21-5-10-24(11-6-21)32-17-16-30-14-1-2-15-30/h3-12,19,31H,1-2,13-18H2. The minimum Gasteiger partial charge on any atom is -0.508 e. The quantitative estimate of drug-likeness (QED) is 0.457. The van der Waals surface area contributed by atoms with E-state index >= 15 is 0 Å². The van der Waals surface area contributed by atoms with Gasteiger partial charge in [-0.2, -0.15) is 0 Å². The number of fused-ring (bicyclic) bond motifs is 1. The van der Waals surface area contributed by atoms with Gasteiger partial charge < -0.3 is 9.84 Å². The molecule has 2 aliphatic rings. The van der Waals surface area contributed by atoms with Crippen LogP contribution in [0.3, 0.4) is 0 Å². The lowest BCUT2D eigenvalue weighted by Gasteiger charge is -2.17. The van der Waals surface area contributed by atoms with Crippen molar-refractivity contribution in [2.75, 3.05) is 32.0 Å². The zero-order valence-electron chi connectivity index (χ0n) is 18.6. The van der Waals surface area contributed by atoms with Gasteiger partial charge >= 0.3 is 0 Å². The number of rotatable bonds is 6. The van der Waals surface area contributed by atoms with Crippen LogP contribution in [0.4, 0.5) is 4.39 Å². The lowest BCUT2D eigenvalue weighted by molar-refractivity contribution is 0.238. The average Bonchev–Trinajstić information content (AvgIpc) is 3.27. The van der Waals surface area contributed by atoms with E-state index in [0.29, 0.717) is 6.61 Å². The number of likely N-dealkylation sites (tertiary alicyclic amines) is 1. The van der Waals surface area contributed by atoms with Gasteiger partial charge in [-0.15, -0.1) is 11.8 Å². The van der Waals surface area contributed by atoms with Crippen molar-refractivity contribution in [2.24, 2.45) is 0 Å². The number of allylic oxidation sites excluding steroid dienone is 1. The first-order valence-corrected chi connectivity index (χ1v) is 12.6. The number of ether oxygens (including phenoxy) is 1. The first kappa shape index (κ1) is 22.1. The predicted molar refractivity (Wildman–Crippen MR) is 133 cm³/mol. The molecule has 0 saturated carbocycles. The minimum atomic E-state index is -0.213. The van der Waals surface area contributed by atoms with E-state index in [0.717, 1.165) is 51.6 Å². The highest BCUT2D eigenvalue weighted by molar-refractivity contribution is 7.99.